The average Bonchev–Trinajstić information content (AvgIpc) is 2.85. The van der Waals surface area contributed by atoms with E-state index in [1.54, 1.807) is 11.0 Å². The van der Waals surface area contributed by atoms with E-state index in [9.17, 15) is 9.59 Å². The Kier molecular flexibility index (Phi) is 10.0. The summed E-state index contributed by atoms with van der Waals surface area (Å²) in [6.07, 6.45) is 1.25. The van der Waals surface area contributed by atoms with E-state index >= 15 is 0 Å². The molecule has 0 bridgehead atoms. The van der Waals surface area contributed by atoms with Crippen molar-refractivity contribution in [1.29, 1.82) is 0 Å². The van der Waals surface area contributed by atoms with Crippen LogP contribution in [0.5, 0.6) is 0 Å². The topological polar surface area (TPSA) is 49.4 Å². The zero-order chi connectivity index (χ0) is 24.3. The largest absolute Gasteiger partial charge is 0.352 e. The molecule has 0 radical (unpaired) electrons. The van der Waals surface area contributed by atoms with Crippen LogP contribution in [0.3, 0.4) is 0 Å². The first-order chi connectivity index (χ1) is 16.5. The average molecular weight is 495 g/mol. The van der Waals surface area contributed by atoms with Crippen LogP contribution >= 0.6 is 23.4 Å². The number of amides is 2. The second-order valence-corrected chi connectivity index (χ2v) is 9.76. The Balaban J connectivity index is 1.91. The van der Waals surface area contributed by atoms with Crippen LogP contribution in [0.1, 0.15) is 31.4 Å². The quantitative estimate of drug-likeness (QED) is 0.333. The second kappa shape index (κ2) is 13.2. The van der Waals surface area contributed by atoms with Crippen LogP contribution in [0.4, 0.5) is 0 Å². The lowest BCUT2D eigenvalue weighted by Gasteiger charge is -2.32. The summed E-state index contributed by atoms with van der Waals surface area (Å²) in [6, 6.07) is 26.5. The molecule has 0 spiro atoms. The minimum atomic E-state index is -0.640. The minimum Gasteiger partial charge on any atom is -0.352 e. The molecule has 0 aliphatic heterocycles. The number of nitrogens with zero attached hydrogens (tertiary/aromatic N) is 1. The molecule has 3 aromatic rings. The standard InChI is InChI=1S/C28H31ClN2O2S/c1-3-21(2)30-28(33)26(18-22-11-6-4-7-12-22)31(19-23-13-10-14-24(29)17-23)27(32)20-34-25-15-8-5-9-16-25/h4-17,21,26H,3,18-20H2,1-2H3,(H,30,33)/t21-,26-/m1/s1. The number of carbonyl (C=O) groups is 2. The van der Waals surface area contributed by atoms with Gasteiger partial charge in [-0.05, 0) is 48.7 Å². The number of nitrogens with one attached hydrogen (secondary N) is 1. The molecule has 178 valence electrons. The van der Waals surface area contributed by atoms with Crippen molar-refractivity contribution >= 4 is 35.2 Å². The first-order valence-electron chi connectivity index (χ1n) is 11.5. The summed E-state index contributed by atoms with van der Waals surface area (Å²) in [5.41, 5.74) is 1.89. The van der Waals surface area contributed by atoms with Crippen LogP contribution in [-0.4, -0.2) is 34.6 Å². The molecule has 0 unspecified atom stereocenters. The smallest absolute Gasteiger partial charge is 0.243 e. The van der Waals surface area contributed by atoms with E-state index in [-0.39, 0.29) is 23.6 Å². The fourth-order valence-electron chi connectivity index (χ4n) is 3.57. The van der Waals surface area contributed by atoms with Crippen molar-refractivity contribution in [2.45, 2.75) is 50.2 Å². The summed E-state index contributed by atoms with van der Waals surface area (Å²) in [7, 11) is 0. The maximum absolute atomic E-state index is 13.6. The lowest BCUT2D eigenvalue weighted by Crippen LogP contribution is -2.52. The van der Waals surface area contributed by atoms with Crippen LogP contribution < -0.4 is 5.32 Å². The molecule has 1 N–H and O–H groups in total. The van der Waals surface area contributed by atoms with Crippen molar-refractivity contribution in [3.05, 3.63) is 101 Å². The Morgan fingerprint density at radius 2 is 1.59 bits per heavy atom. The van der Waals surface area contributed by atoms with Crippen LogP contribution in [0.2, 0.25) is 5.02 Å². The third-order valence-electron chi connectivity index (χ3n) is 5.62. The van der Waals surface area contributed by atoms with Crippen molar-refractivity contribution in [3.8, 4) is 0 Å². The zero-order valence-corrected chi connectivity index (χ0v) is 21.2. The zero-order valence-electron chi connectivity index (χ0n) is 19.6. The summed E-state index contributed by atoms with van der Waals surface area (Å²) in [5, 5.41) is 3.69. The molecule has 0 aliphatic rings. The van der Waals surface area contributed by atoms with E-state index in [0.29, 0.717) is 18.0 Å². The van der Waals surface area contributed by atoms with Crippen LogP contribution in [0.15, 0.2) is 89.8 Å². The van der Waals surface area contributed by atoms with Gasteiger partial charge in [-0.1, -0.05) is 79.2 Å². The molecule has 3 aromatic carbocycles. The Labute approximate surface area is 211 Å². The highest BCUT2D eigenvalue weighted by Crippen LogP contribution is 2.22. The minimum absolute atomic E-state index is 0.0209. The molecule has 2 atom stereocenters. The first-order valence-corrected chi connectivity index (χ1v) is 12.9. The van der Waals surface area contributed by atoms with Crippen LogP contribution in [0, 0.1) is 0 Å². The summed E-state index contributed by atoms with van der Waals surface area (Å²) >= 11 is 7.70. The van der Waals surface area contributed by atoms with Gasteiger partial charge in [0.25, 0.3) is 0 Å². The molecule has 4 nitrogen and oxygen atoms in total. The van der Waals surface area contributed by atoms with E-state index in [1.165, 1.54) is 11.8 Å². The van der Waals surface area contributed by atoms with Crippen molar-refractivity contribution in [2.75, 3.05) is 5.75 Å². The van der Waals surface area contributed by atoms with E-state index in [4.69, 9.17) is 11.6 Å². The van der Waals surface area contributed by atoms with Gasteiger partial charge in [0.15, 0.2) is 0 Å². The van der Waals surface area contributed by atoms with E-state index in [1.807, 2.05) is 92.7 Å². The highest BCUT2D eigenvalue weighted by atomic mass is 35.5. The normalized spacial score (nSPS) is 12.6. The molecule has 34 heavy (non-hydrogen) atoms. The molecule has 0 fully saturated rings. The van der Waals surface area contributed by atoms with Crippen LogP contribution in [0.25, 0.3) is 0 Å². The molecule has 0 aromatic heterocycles. The maximum atomic E-state index is 13.6. The highest BCUT2D eigenvalue weighted by Gasteiger charge is 2.31. The van der Waals surface area contributed by atoms with Crippen molar-refractivity contribution in [2.24, 2.45) is 0 Å². The number of rotatable bonds is 11. The lowest BCUT2D eigenvalue weighted by atomic mass is 10.0. The van der Waals surface area contributed by atoms with Gasteiger partial charge in [0.1, 0.15) is 6.04 Å². The van der Waals surface area contributed by atoms with E-state index < -0.39 is 6.04 Å². The lowest BCUT2D eigenvalue weighted by molar-refractivity contribution is -0.139. The van der Waals surface area contributed by atoms with Gasteiger partial charge in [-0.2, -0.15) is 0 Å². The summed E-state index contributed by atoms with van der Waals surface area (Å²) in [6.45, 7) is 4.31. The number of thioether (sulfide) groups is 1. The van der Waals surface area contributed by atoms with Crippen molar-refractivity contribution in [3.63, 3.8) is 0 Å². The fraction of sp³-hybridized carbons (Fsp3) is 0.286. The summed E-state index contributed by atoms with van der Waals surface area (Å²) < 4.78 is 0. The summed E-state index contributed by atoms with van der Waals surface area (Å²) in [5.74, 6) is 0.0132. The van der Waals surface area contributed by atoms with E-state index in [2.05, 4.69) is 5.32 Å². The first kappa shape index (κ1) is 25.9. The third-order valence-corrected chi connectivity index (χ3v) is 6.85. The molecular formula is C28H31ClN2O2S. The third kappa shape index (κ3) is 7.93. The van der Waals surface area contributed by atoms with Gasteiger partial charge in [0.2, 0.25) is 11.8 Å². The molecule has 0 saturated carbocycles. The van der Waals surface area contributed by atoms with Gasteiger partial charge in [-0.15, -0.1) is 11.8 Å². The Morgan fingerprint density at radius 3 is 2.24 bits per heavy atom. The number of hydrogen-bond donors (Lipinski definition) is 1. The number of benzene rings is 3. The van der Waals surface area contributed by atoms with Crippen molar-refractivity contribution < 1.29 is 9.59 Å². The van der Waals surface area contributed by atoms with Gasteiger partial charge in [0.05, 0.1) is 5.75 Å². The monoisotopic (exact) mass is 494 g/mol. The Morgan fingerprint density at radius 1 is 0.941 bits per heavy atom. The molecule has 0 aliphatic carbocycles. The maximum Gasteiger partial charge on any atom is 0.243 e. The molecule has 2 amide bonds. The summed E-state index contributed by atoms with van der Waals surface area (Å²) in [4.78, 5) is 29.8. The van der Waals surface area contributed by atoms with Gasteiger partial charge in [0, 0.05) is 28.9 Å². The van der Waals surface area contributed by atoms with E-state index in [0.717, 1.165) is 22.4 Å². The number of hydrogen-bond acceptors (Lipinski definition) is 3. The predicted octanol–water partition coefficient (Wildman–Crippen LogP) is 5.99. The molecule has 6 heteroatoms. The fourth-order valence-corrected chi connectivity index (χ4v) is 4.59. The Bertz CT molecular complexity index is 1060. The van der Waals surface area contributed by atoms with Gasteiger partial charge < -0.3 is 10.2 Å². The predicted molar refractivity (Wildman–Crippen MR) is 141 cm³/mol. The van der Waals surface area contributed by atoms with Gasteiger partial charge >= 0.3 is 0 Å². The second-order valence-electron chi connectivity index (χ2n) is 8.28. The molecule has 0 saturated heterocycles. The van der Waals surface area contributed by atoms with Gasteiger partial charge in [-0.25, -0.2) is 0 Å². The Hall–Kier alpha value is -2.76. The molecule has 3 rings (SSSR count). The number of halogens is 1. The van der Waals surface area contributed by atoms with Gasteiger partial charge in [-0.3, -0.25) is 9.59 Å². The van der Waals surface area contributed by atoms with Crippen molar-refractivity contribution in [1.82, 2.24) is 10.2 Å². The SMILES string of the molecule is CC[C@@H](C)NC(=O)[C@@H](Cc1ccccc1)N(Cc1cccc(Cl)c1)C(=O)CSc1ccccc1. The number of carbonyl (C=O) groups excluding carboxylic acids is 2. The molecular weight excluding hydrogens is 464 g/mol. The van der Waals surface area contributed by atoms with Crippen LogP contribution in [-0.2, 0) is 22.6 Å². The highest BCUT2D eigenvalue weighted by molar-refractivity contribution is 8.00. The molecule has 0 heterocycles.